The van der Waals surface area contributed by atoms with Gasteiger partial charge in [0.1, 0.15) is 0 Å². The van der Waals surface area contributed by atoms with Gasteiger partial charge in [0.15, 0.2) is 11.5 Å². The molecule has 0 unspecified atom stereocenters. The molecule has 1 aliphatic carbocycles. The minimum atomic E-state index is -0.453. The summed E-state index contributed by atoms with van der Waals surface area (Å²) in [5.74, 6) is 0.172. The second-order valence-corrected chi connectivity index (χ2v) is 8.67. The molecule has 4 nitrogen and oxygen atoms in total. The quantitative estimate of drug-likeness (QED) is 0.291. The van der Waals surface area contributed by atoms with Crippen molar-refractivity contribution in [1.29, 1.82) is 0 Å². The Bertz CT molecular complexity index is 1110. The van der Waals surface area contributed by atoms with E-state index in [4.69, 9.17) is 9.47 Å². The topological polar surface area (TPSA) is 52.6 Å². The monoisotopic (exact) mass is 442 g/mol. The van der Waals surface area contributed by atoms with Crippen LogP contribution < -0.4 is 9.47 Å². The first-order valence-electron chi connectivity index (χ1n) is 11.8. The number of ether oxygens (including phenoxy) is 2. The average Bonchev–Trinajstić information content (AvgIpc) is 3.37. The third kappa shape index (κ3) is 5.16. The van der Waals surface area contributed by atoms with E-state index in [0.29, 0.717) is 22.6 Å². The van der Waals surface area contributed by atoms with E-state index in [-0.39, 0.29) is 5.92 Å². The lowest BCUT2D eigenvalue weighted by Gasteiger charge is -2.23. The second kappa shape index (κ2) is 10.5. The van der Waals surface area contributed by atoms with Crippen molar-refractivity contribution in [1.82, 2.24) is 0 Å². The molecule has 33 heavy (non-hydrogen) atoms. The minimum absolute atomic E-state index is 0.286. The van der Waals surface area contributed by atoms with Crippen LogP contribution in [0.4, 0.5) is 0 Å². The van der Waals surface area contributed by atoms with Gasteiger partial charge < -0.3 is 9.47 Å². The molecule has 0 amide bonds. The number of aryl methyl sites for hydroxylation is 2. The van der Waals surface area contributed by atoms with Crippen molar-refractivity contribution < 1.29 is 19.1 Å². The lowest BCUT2D eigenvalue weighted by molar-refractivity contribution is 0.0679. The lowest BCUT2D eigenvalue weighted by atomic mass is 9.89. The van der Waals surface area contributed by atoms with Crippen molar-refractivity contribution in [2.45, 2.75) is 58.3 Å². The van der Waals surface area contributed by atoms with Gasteiger partial charge in [-0.1, -0.05) is 68.7 Å². The molecule has 0 saturated heterocycles. The molecule has 1 fully saturated rings. The van der Waals surface area contributed by atoms with E-state index >= 15 is 0 Å². The molecule has 0 N–H and O–H groups in total. The standard InChI is InChI=1S/C29H30O4/c1-3-12-24-19-20(2)25(21-13-10-11-14-21)27(33-29(31)23-17-8-5-9-18-23)26(24)32-28(30)22-15-6-4-7-16-22/h4-9,15-19,21H,3,10-14H2,1-2H3. The molecule has 0 aliphatic heterocycles. The Hall–Kier alpha value is -3.40. The zero-order valence-electron chi connectivity index (χ0n) is 19.3. The van der Waals surface area contributed by atoms with Crippen molar-refractivity contribution in [2.75, 3.05) is 0 Å². The van der Waals surface area contributed by atoms with Crippen molar-refractivity contribution in [3.05, 3.63) is 94.5 Å². The Balaban J connectivity index is 1.82. The Morgan fingerprint density at radius 1 is 0.818 bits per heavy atom. The summed E-state index contributed by atoms with van der Waals surface area (Å²) in [4.78, 5) is 26.1. The van der Waals surface area contributed by atoms with Gasteiger partial charge >= 0.3 is 11.9 Å². The maximum absolute atomic E-state index is 13.1. The number of hydrogen-bond acceptors (Lipinski definition) is 4. The maximum atomic E-state index is 13.1. The molecule has 3 aromatic rings. The number of esters is 2. The maximum Gasteiger partial charge on any atom is 0.343 e. The summed E-state index contributed by atoms with van der Waals surface area (Å²) >= 11 is 0. The molecule has 4 heteroatoms. The van der Waals surface area contributed by atoms with Crippen LogP contribution in [0.5, 0.6) is 11.5 Å². The third-order valence-electron chi connectivity index (χ3n) is 6.25. The number of carbonyl (C=O) groups excluding carboxylic acids is 2. The highest BCUT2D eigenvalue weighted by atomic mass is 16.6. The van der Waals surface area contributed by atoms with Crippen LogP contribution in [0.25, 0.3) is 0 Å². The van der Waals surface area contributed by atoms with E-state index in [1.807, 2.05) is 24.3 Å². The van der Waals surface area contributed by atoms with Gasteiger partial charge in [-0.05, 0) is 67.5 Å². The van der Waals surface area contributed by atoms with Gasteiger partial charge in [-0.2, -0.15) is 0 Å². The zero-order valence-corrected chi connectivity index (χ0v) is 19.3. The molecule has 0 bridgehead atoms. The van der Waals surface area contributed by atoms with Crippen LogP contribution in [0.1, 0.15) is 82.4 Å². The summed E-state index contributed by atoms with van der Waals surface area (Å²) in [6.45, 7) is 4.15. The summed E-state index contributed by atoms with van der Waals surface area (Å²) in [6.07, 6.45) is 5.97. The summed E-state index contributed by atoms with van der Waals surface area (Å²) in [5, 5.41) is 0. The van der Waals surface area contributed by atoms with E-state index in [1.54, 1.807) is 36.4 Å². The van der Waals surface area contributed by atoms with Gasteiger partial charge in [-0.25, -0.2) is 9.59 Å². The van der Waals surface area contributed by atoms with E-state index < -0.39 is 11.9 Å². The molecule has 4 rings (SSSR count). The fourth-order valence-corrected chi connectivity index (χ4v) is 4.69. The molecular weight excluding hydrogens is 412 g/mol. The van der Waals surface area contributed by atoms with Crippen LogP contribution in [-0.4, -0.2) is 11.9 Å². The van der Waals surface area contributed by atoms with Crippen LogP contribution in [-0.2, 0) is 6.42 Å². The van der Waals surface area contributed by atoms with Gasteiger partial charge in [0.25, 0.3) is 0 Å². The first kappa shape index (κ1) is 22.8. The number of rotatable bonds is 7. The van der Waals surface area contributed by atoms with Crippen LogP contribution >= 0.6 is 0 Å². The number of hydrogen-bond donors (Lipinski definition) is 0. The molecule has 0 spiro atoms. The van der Waals surface area contributed by atoms with E-state index in [1.165, 1.54) is 0 Å². The van der Waals surface area contributed by atoms with Crippen LogP contribution in [0, 0.1) is 6.92 Å². The van der Waals surface area contributed by atoms with Gasteiger partial charge in [0.2, 0.25) is 0 Å². The molecule has 0 heterocycles. The molecule has 1 aliphatic rings. The Morgan fingerprint density at radius 2 is 1.33 bits per heavy atom. The second-order valence-electron chi connectivity index (χ2n) is 8.67. The largest absolute Gasteiger partial charge is 0.419 e. The first-order valence-corrected chi connectivity index (χ1v) is 11.8. The van der Waals surface area contributed by atoms with E-state index in [0.717, 1.165) is 55.2 Å². The number of carbonyl (C=O) groups is 2. The SMILES string of the molecule is CCCc1cc(C)c(C2CCCC2)c(OC(=O)c2ccccc2)c1OC(=O)c1ccccc1. The van der Waals surface area contributed by atoms with Gasteiger partial charge in [-0.3, -0.25) is 0 Å². The van der Waals surface area contributed by atoms with Crippen LogP contribution in [0.15, 0.2) is 66.7 Å². The Labute approximate surface area is 195 Å². The molecule has 1 saturated carbocycles. The first-order chi connectivity index (χ1) is 16.1. The average molecular weight is 443 g/mol. The Morgan fingerprint density at radius 3 is 1.85 bits per heavy atom. The minimum Gasteiger partial charge on any atom is -0.419 e. The van der Waals surface area contributed by atoms with Crippen molar-refractivity contribution in [3.8, 4) is 11.5 Å². The summed E-state index contributed by atoms with van der Waals surface area (Å²) < 4.78 is 12.1. The fraction of sp³-hybridized carbons (Fsp3) is 0.310. The number of benzene rings is 3. The van der Waals surface area contributed by atoms with Crippen molar-refractivity contribution in [3.63, 3.8) is 0 Å². The summed E-state index contributed by atoms with van der Waals surface area (Å²) in [5.41, 5.74) is 3.89. The molecule has 0 atom stereocenters. The van der Waals surface area contributed by atoms with Crippen LogP contribution in [0.2, 0.25) is 0 Å². The van der Waals surface area contributed by atoms with Gasteiger partial charge in [0.05, 0.1) is 11.1 Å². The highest BCUT2D eigenvalue weighted by Crippen LogP contribution is 2.47. The van der Waals surface area contributed by atoms with E-state index in [2.05, 4.69) is 19.9 Å². The van der Waals surface area contributed by atoms with E-state index in [9.17, 15) is 9.59 Å². The highest BCUT2D eigenvalue weighted by Gasteiger charge is 2.30. The third-order valence-corrected chi connectivity index (χ3v) is 6.25. The van der Waals surface area contributed by atoms with Crippen molar-refractivity contribution >= 4 is 11.9 Å². The zero-order chi connectivity index (χ0) is 23.2. The van der Waals surface area contributed by atoms with Crippen molar-refractivity contribution in [2.24, 2.45) is 0 Å². The lowest BCUT2D eigenvalue weighted by Crippen LogP contribution is -2.16. The smallest absolute Gasteiger partial charge is 0.343 e. The molecule has 0 aromatic heterocycles. The highest BCUT2D eigenvalue weighted by molar-refractivity contribution is 5.93. The predicted octanol–water partition coefficient (Wildman–Crippen LogP) is 7.04. The predicted molar refractivity (Wildman–Crippen MR) is 129 cm³/mol. The molecular formula is C29H30O4. The summed E-state index contributed by atoms with van der Waals surface area (Å²) in [6, 6.07) is 20.0. The Kier molecular flexibility index (Phi) is 7.23. The fourth-order valence-electron chi connectivity index (χ4n) is 4.69. The molecule has 170 valence electrons. The van der Waals surface area contributed by atoms with Gasteiger partial charge in [-0.15, -0.1) is 0 Å². The normalized spacial score (nSPS) is 13.6. The van der Waals surface area contributed by atoms with Crippen LogP contribution in [0.3, 0.4) is 0 Å². The van der Waals surface area contributed by atoms with Gasteiger partial charge in [0, 0.05) is 5.56 Å². The molecule has 3 aromatic carbocycles. The summed E-state index contributed by atoms with van der Waals surface area (Å²) in [7, 11) is 0. The molecule has 0 radical (unpaired) electrons.